The highest BCUT2D eigenvalue weighted by Crippen LogP contribution is 2.25. The molecule has 0 aliphatic rings. The van der Waals surface area contributed by atoms with Gasteiger partial charge in [0.15, 0.2) is 5.13 Å². The third-order valence-electron chi connectivity index (χ3n) is 4.86. The highest BCUT2D eigenvalue weighted by atomic mass is 32.2. The van der Waals surface area contributed by atoms with Crippen LogP contribution in [0, 0.1) is 0 Å². The number of aromatic nitrogens is 1. The Morgan fingerprint density at radius 2 is 1.72 bits per heavy atom. The Labute approximate surface area is 190 Å². The van der Waals surface area contributed by atoms with Crippen LogP contribution in [0.2, 0.25) is 0 Å². The SMILES string of the molecule is CN(c1ccccc1)S(=O)(=O)c1cccc(C(=O)NCCNc2nc3ccccc3s2)c1. The summed E-state index contributed by atoms with van der Waals surface area (Å²) in [5.41, 5.74) is 1.76. The van der Waals surface area contributed by atoms with Gasteiger partial charge in [-0.1, -0.05) is 47.7 Å². The monoisotopic (exact) mass is 466 g/mol. The van der Waals surface area contributed by atoms with Crippen molar-refractivity contribution in [1.82, 2.24) is 10.3 Å². The van der Waals surface area contributed by atoms with E-state index in [2.05, 4.69) is 15.6 Å². The van der Waals surface area contributed by atoms with E-state index >= 15 is 0 Å². The van der Waals surface area contributed by atoms with Gasteiger partial charge in [-0.15, -0.1) is 0 Å². The van der Waals surface area contributed by atoms with Crippen LogP contribution in [-0.2, 0) is 10.0 Å². The van der Waals surface area contributed by atoms with E-state index in [1.807, 2.05) is 30.3 Å². The fourth-order valence-electron chi connectivity index (χ4n) is 3.13. The van der Waals surface area contributed by atoms with Crippen LogP contribution in [0.25, 0.3) is 10.2 Å². The zero-order chi connectivity index (χ0) is 22.6. The summed E-state index contributed by atoms with van der Waals surface area (Å²) in [5.74, 6) is -0.337. The molecule has 1 amide bonds. The van der Waals surface area contributed by atoms with Gasteiger partial charge in [-0.2, -0.15) is 0 Å². The first kappa shape index (κ1) is 21.8. The fourth-order valence-corrected chi connectivity index (χ4v) is 5.26. The summed E-state index contributed by atoms with van der Waals surface area (Å²) >= 11 is 1.55. The van der Waals surface area contributed by atoms with Gasteiger partial charge in [0, 0.05) is 25.7 Å². The number of carbonyl (C=O) groups excluding carboxylic acids is 1. The summed E-state index contributed by atoms with van der Waals surface area (Å²) in [6.45, 7) is 0.871. The Morgan fingerprint density at radius 1 is 0.969 bits per heavy atom. The number of para-hydroxylation sites is 2. The lowest BCUT2D eigenvalue weighted by Crippen LogP contribution is -2.29. The van der Waals surface area contributed by atoms with Crippen LogP contribution >= 0.6 is 11.3 Å². The quantitative estimate of drug-likeness (QED) is 0.384. The summed E-state index contributed by atoms with van der Waals surface area (Å²) in [4.78, 5) is 17.1. The summed E-state index contributed by atoms with van der Waals surface area (Å²) in [5, 5.41) is 6.80. The van der Waals surface area contributed by atoms with Crippen LogP contribution in [-0.4, -0.2) is 39.4 Å². The molecule has 0 fully saturated rings. The minimum absolute atomic E-state index is 0.0594. The van der Waals surface area contributed by atoms with Crippen molar-refractivity contribution >= 4 is 48.3 Å². The standard InChI is InChI=1S/C23H22N4O3S2/c1-27(18-9-3-2-4-10-18)32(29,30)19-11-7-8-17(16-19)22(28)24-14-15-25-23-26-20-12-5-6-13-21(20)31-23/h2-13,16H,14-15H2,1H3,(H,24,28)(H,25,26). The molecule has 0 saturated carbocycles. The summed E-state index contributed by atoms with van der Waals surface area (Å²) in [6, 6.07) is 22.7. The van der Waals surface area contributed by atoms with Crippen molar-refractivity contribution in [3.8, 4) is 0 Å². The van der Waals surface area contributed by atoms with Gasteiger partial charge < -0.3 is 10.6 Å². The van der Waals surface area contributed by atoms with E-state index < -0.39 is 10.0 Å². The fraction of sp³-hybridized carbons (Fsp3) is 0.130. The molecule has 0 unspecified atom stereocenters. The van der Waals surface area contributed by atoms with Crippen LogP contribution in [0.3, 0.4) is 0 Å². The van der Waals surface area contributed by atoms with E-state index in [0.29, 0.717) is 18.8 Å². The Bertz CT molecular complexity index is 1300. The minimum atomic E-state index is -3.79. The number of nitrogens with one attached hydrogen (secondary N) is 2. The molecule has 0 spiro atoms. The number of hydrogen-bond donors (Lipinski definition) is 2. The topological polar surface area (TPSA) is 91.4 Å². The van der Waals surface area contributed by atoms with E-state index in [0.717, 1.165) is 15.3 Å². The second kappa shape index (κ2) is 9.37. The smallest absolute Gasteiger partial charge is 0.264 e. The number of carbonyl (C=O) groups is 1. The van der Waals surface area contributed by atoms with Crippen molar-refractivity contribution in [2.75, 3.05) is 29.8 Å². The molecule has 9 heteroatoms. The van der Waals surface area contributed by atoms with Gasteiger partial charge in [-0.3, -0.25) is 9.10 Å². The average Bonchev–Trinajstić information content (AvgIpc) is 3.25. The van der Waals surface area contributed by atoms with Gasteiger partial charge in [0.05, 0.1) is 20.8 Å². The number of nitrogens with zero attached hydrogens (tertiary/aromatic N) is 2. The van der Waals surface area contributed by atoms with Crippen LogP contribution < -0.4 is 14.9 Å². The summed E-state index contributed by atoms with van der Waals surface area (Å²) in [6.07, 6.45) is 0. The zero-order valence-electron chi connectivity index (χ0n) is 17.4. The maximum atomic E-state index is 13.0. The van der Waals surface area contributed by atoms with Crippen molar-refractivity contribution < 1.29 is 13.2 Å². The molecular formula is C23H22N4O3S2. The molecular weight excluding hydrogens is 444 g/mol. The molecule has 4 aromatic rings. The largest absolute Gasteiger partial charge is 0.360 e. The maximum absolute atomic E-state index is 13.0. The first-order valence-corrected chi connectivity index (χ1v) is 12.2. The van der Waals surface area contributed by atoms with Crippen molar-refractivity contribution in [2.45, 2.75) is 4.90 Å². The van der Waals surface area contributed by atoms with Crippen LogP contribution in [0.4, 0.5) is 10.8 Å². The van der Waals surface area contributed by atoms with Gasteiger partial charge in [-0.25, -0.2) is 13.4 Å². The Balaban J connectivity index is 1.37. The van der Waals surface area contributed by atoms with Crippen molar-refractivity contribution in [2.24, 2.45) is 0 Å². The van der Waals surface area contributed by atoms with Crippen LogP contribution in [0.15, 0.2) is 83.8 Å². The number of hydrogen-bond acceptors (Lipinski definition) is 6. The molecule has 1 heterocycles. The molecule has 3 aromatic carbocycles. The van der Waals surface area contributed by atoms with E-state index in [1.165, 1.54) is 23.5 Å². The number of sulfonamides is 1. The Morgan fingerprint density at radius 3 is 2.50 bits per heavy atom. The van der Waals surface area contributed by atoms with Crippen molar-refractivity contribution in [1.29, 1.82) is 0 Å². The van der Waals surface area contributed by atoms with Crippen molar-refractivity contribution in [3.05, 3.63) is 84.4 Å². The minimum Gasteiger partial charge on any atom is -0.360 e. The predicted octanol–water partition coefficient (Wildman–Crippen LogP) is 3.96. The second-order valence-corrected chi connectivity index (χ2v) is 10.0. The highest BCUT2D eigenvalue weighted by molar-refractivity contribution is 7.92. The van der Waals surface area contributed by atoms with Gasteiger partial charge in [0.2, 0.25) is 0 Å². The van der Waals surface area contributed by atoms with Crippen LogP contribution in [0.1, 0.15) is 10.4 Å². The lowest BCUT2D eigenvalue weighted by molar-refractivity contribution is 0.0955. The van der Waals surface area contributed by atoms with Gasteiger partial charge in [-0.05, 0) is 42.5 Å². The Hall–Kier alpha value is -3.43. The van der Waals surface area contributed by atoms with Gasteiger partial charge in [0.1, 0.15) is 0 Å². The molecule has 2 N–H and O–H groups in total. The summed E-state index contributed by atoms with van der Waals surface area (Å²) < 4.78 is 28.2. The molecule has 0 radical (unpaired) electrons. The van der Waals surface area contributed by atoms with Crippen molar-refractivity contribution in [3.63, 3.8) is 0 Å². The lowest BCUT2D eigenvalue weighted by atomic mass is 10.2. The third kappa shape index (κ3) is 4.74. The number of thiazole rings is 1. The number of benzene rings is 3. The predicted molar refractivity (Wildman–Crippen MR) is 129 cm³/mol. The highest BCUT2D eigenvalue weighted by Gasteiger charge is 2.22. The molecule has 0 aliphatic carbocycles. The molecule has 0 aliphatic heterocycles. The Kier molecular flexibility index (Phi) is 6.38. The molecule has 4 rings (SSSR count). The number of rotatable bonds is 8. The molecule has 0 saturated heterocycles. The lowest BCUT2D eigenvalue weighted by Gasteiger charge is -2.19. The van der Waals surface area contributed by atoms with Gasteiger partial charge >= 0.3 is 0 Å². The molecule has 164 valence electrons. The molecule has 1 aromatic heterocycles. The first-order chi connectivity index (χ1) is 15.4. The molecule has 32 heavy (non-hydrogen) atoms. The van der Waals surface area contributed by atoms with E-state index in [9.17, 15) is 13.2 Å². The molecule has 7 nitrogen and oxygen atoms in total. The average molecular weight is 467 g/mol. The third-order valence-corrected chi connectivity index (χ3v) is 7.63. The number of fused-ring (bicyclic) bond motifs is 1. The number of amides is 1. The van der Waals surface area contributed by atoms with Crippen LogP contribution in [0.5, 0.6) is 0 Å². The summed E-state index contributed by atoms with van der Waals surface area (Å²) in [7, 11) is -2.30. The second-order valence-electron chi connectivity index (χ2n) is 7.01. The zero-order valence-corrected chi connectivity index (χ0v) is 19.0. The molecule has 0 bridgehead atoms. The van der Waals surface area contributed by atoms with E-state index in [4.69, 9.17) is 0 Å². The first-order valence-electron chi connectivity index (χ1n) is 9.97. The normalized spacial score (nSPS) is 11.3. The van der Waals surface area contributed by atoms with E-state index in [1.54, 1.807) is 47.7 Å². The van der Waals surface area contributed by atoms with E-state index in [-0.39, 0.29) is 16.4 Å². The number of anilines is 2. The maximum Gasteiger partial charge on any atom is 0.264 e. The molecule has 0 atom stereocenters. The van der Waals surface area contributed by atoms with Gasteiger partial charge in [0.25, 0.3) is 15.9 Å².